The number of pyridine rings is 1. The lowest BCUT2D eigenvalue weighted by Crippen LogP contribution is -2.38. The van der Waals surface area contributed by atoms with E-state index in [1.165, 1.54) is 12.8 Å². The van der Waals surface area contributed by atoms with Crippen molar-refractivity contribution >= 4 is 0 Å². The molecule has 18 heavy (non-hydrogen) atoms. The Labute approximate surface area is 108 Å². The fraction of sp³-hybridized carbons (Fsp3) is 0.643. The van der Waals surface area contributed by atoms with Crippen molar-refractivity contribution in [2.45, 2.75) is 44.3 Å². The molecule has 0 aliphatic carbocycles. The van der Waals surface area contributed by atoms with Gasteiger partial charge < -0.3 is 10.1 Å². The lowest BCUT2D eigenvalue weighted by molar-refractivity contribution is 0.136. The molecule has 2 heterocycles. The third-order valence-corrected chi connectivity index (χ3v) is 3.53. The van der Waals surface area contributed by atoms with Gasteiger partial charge in [0.05, 0.1) is 7.11 Å². The summed E-state index contributed by atoms with van der Waals surface area (Å²) < 4.78 is 20.1. The van der Waals surface area contributed by atoms with Crippen LogP contribution in [0.4, 0.5) is 4.39 Å². The van der Waals surface area contributed by atoms with Crippen molar-refractivity contribution in [2.24, 2.45) is 0 Å². The molecule has 2 atom stereocenters. The Balaban J connectivity index is 2.13. The number of ether oxygens (including phenoxy) is 1. The number of piperidine rings is 1. The molecular formula is C14H21FN2O. The number of hydrogen-bond acceptors (Lipinski definition) is 3. The molecule has 0 bridgehead atoms. The Hall–Kier alpha value is -1.16. The second-order valence-corrected chi connectivity index (χ2v) is 5.10. The largest absolute Gasteiger partial charge is 0.495 e. The standard InChI is InChI=1S/C14H21FN2O/c1-14(15,10-11-6-3-4-8-16-11)13-12(18-2)7-5-9-17-13/h5,7,9,11,16H,3-4,6,8,10H2,1-2H3. The summed E-state index contributed by atoms with van der Waals surface area (Å²) >= 11 is 0. The van der Waals surface area contributed by atoms with Crippen molar-refractivity contribution in [3.63, 3.8) is 0 Å². The van der Waals surface area contributed by atoms with E-state index in [1.54, 1.807) is 32.4 Å². The molecule has 3 nitrogen and oxygen atoms in total. The van der Waals surface area contributed by atoms with Gasteiger partial charge in [0, 0.05) is 18.7 Å². The number of nitrogens with one attached hydrogen (secondary N) is 1. The average Bonchev–Trinajstić information content (AvgIpc) is 2.39. The zero-order valence-electron chi connectivity index (χ0n) is 11.1. The van der Waals surface area contributed by atoms with Crippen LogP contribution in [0, 0.1) is 0 Å². The first-order chi connectivity index (χ1) is 8.63. The van der Waals surface area contributed by atoms with E-state index in [0.29, 0.717) is 17.9 Å². The molecule has 1 aliphatic rings. The van der Waals surface area contributed by atoms with Crippen LogP contribution in [0.1, 0.15) is 38.3 Å². The minimum atomic E-state index is -1.46. The third-order valence-electron chi connectivity index (χ3n) is 3.53. The first-order valence-electron chi connectivity index (χ1n) is 6.55. The van der Waals surface area contributed by atoms with E-state index in [4.69, 9.17) is 4.74 Å². The summed E-state index contributed by atoms with van der Waals surface area (Å²) in [4.78, 5) is 4.16. The molecule has 1 aromatic heterocycles. The molecule has 2 rings (SSSR count). The molecule has 1 fully saturated rings. The molecule has 1 aliphatic heterocycles. The maximum absolute atomic E-state index is 14.9. The highest BCUT2D eigenvalue weighted by Gasteiger charge is 2.34. The number of aromatic nitrogens is 1. The molecule has 1 N–H and O–H groups in total. The quantitative estimate of drug-likeness (QED) is 0.894. The SMILES string of the molecule is COc1cccnc1C(C)(F)CC1CCCCN1. The highest BCUT2D eigenvalue weighted by atomic mass is 19.1. The Bertz CT molecular complexity index is 389. The van der Waals surface area contributed by atoms with E-state index in [-0.39, 0.29) is 6.04 Å². The molecule has 100 valence electrons. The minimum Gasteiger partial charge on any atom is -0.495 e. The molecule has 4 heteroatoms. The van der Waals surface area contributed by atoms with Crippen LogP contribution in [0.3, 0.4) is 0 Å². The van der Waals surface area contributed by atoms with Gasteiger partial charge in [0.2, 0.25) is 0 Å². The van der Waals surface area contributed by atoms with Gasteiger partial charge in [-0.25, -0.2) is 4.39 Å². The van der Waals surface area contributed by atoms with Gasteiger partial charge in [-0.3, -0.25) is 4.98 Å². The highest BCUT2D eigenvalue weighted by molar-refractivity contribution is 5.31. The second-order valence-electron chi connectivity index (χ2n) is 5.10. The first kappa shape index (κ1) is 13.3. The Morgan fingerprint density at radius 2 is 2.39 bits per heavy atom. The third kappa shape index (κ3) is 2.99. The van der Waals surface area contributed by atoms with E-state index in [9.17, 15) is 4.39 Å². The molecule has 1 saturated heterocycles. The zero-order chi connectivity index (χ0) is 13.0. The zero-order valence-corrected chi connectivity index (χ0v) is 11.1. The topological polar surface area (TPSA) is 34.1 Å². The van der Waals surface area contributed by atoms with Gasteiger partial charge in [0.25, 0.3) is 0 Å². The van der Waals surface area contributed by atoms with Crippen molar-refractivity contribution in [2.75, 3.05) is 13.7 Å². The van der Waals surface area contributed by atoms with Crippen molar-refractivity contribution < 1.29 is 9.13 Å². The van der Waals surface area contributed by atoms with Crippen LogP contribution in [-0.2, 0) is 5.67 Å². The highest BCUT2D eigenvalue weighted by Crippen LogP contribution is 2.36. The summed E-state index contributed by atoms with van der Waals surface area (Å²) in [5.41, 5.74) is -1.05. The molecule has 0 spiro atoms. The summed E-state index contributed by atoms with van der Waals surface area (Å²) in [6.45, 7) is 2.58. The van der Waals surface area contributed by atoms with Gasteiger partial charge in [-0.05, 0) is 38.4 Å². The smallest absolute Gasteiger partial charge is 0.155 e. The van der Waals surface area contributed by atoms with Crippen LogP contribution in [0.2, 0.25) is 0 Å². The minimum absolute atomic E-state index is 0.237. The summed E-state index contributed by atoms with van der Waals surface area (Å²) in [7, 11) is 1.55. The Morgan fingerprint density at radius 1 is 1.56 bits per heavy atom. The fourth-order valence-electron chi connectivity index (χ4n) is 2.60. The summed E-state index contributed by atoms with van der Waals surface area (Å²) in [5, 5.41) is 3.37. The molecule has 0 saturated carbocycles. The van der Waals surface area contributed by atoms with Crippen LogP contribution < -0.4 is 10.1 Å². The van der Waals surface area contributed by atoms with E-state index in [1.807, 2.05) is 0 Å². The summed E-state index contributed by atoms with van der Waals surface area (Å²) in [6.07, 6.45) is 5.46. The van der Waals surface area contributed by atoms with E-state index >= 15 is 0 Å². The molecule has 0 radical (unpaired) electrons. The number of nitrogens with zero attached hydrogens (tertiary/aromatic N) is 1. The van der Waals surface area contributed by atoms with Crippen molar-refractivity contribution in [3.8, 4) is 5.75 Å². The number of methoxy groups -OCH3 is 1. The van der Waals surface area contributed by atoms with Gasteiger partial charge in [-0.15, -0.1) is 0 Å². The lowest BCUT2D eigenvalue weighted by atomic mass is 9.90. The van der Waals surface area contributed by atoms with E-state index in [2.05, 4.69) is 10.3 Å². The molecule has 0 amide bonds. The van der Waals surface area contributed by atoms with Gasteiger partial charge in [0.15, 0.2) is 5.67 Å². The van der Waals surface area contributed by atoms with Gasteiger partial charge in [-0.2, -0.15) is 0 Å². The number of rotatable bonds is 4. The van der Waals surface area contributed by atoms with Crippen LogP contribution in [0.25, 0.3) is 0 Å². The maximum Gasteiger partial charge on any atom is 0.155 e. The summed E-state index contributed by atoms with van der Waals surface area (Å²) in [5.74, 6) is 0.526. The monoisotopic (exact) mass is 252 g/mol. The van der Waals surface area contributed by atoms with Crippen molar-refractivity contribution in [1.82, 2.24) is 10.3 Å². The van der Waals surface area contributed by atoms with Crippen LogP contribution >= 0.6 is 0 Å². The number of alkyl halides is 1. The van der Waals surface area contributed by atoms with Crippen LogP contribution in [0.15, 0.2) is 18.3 Å². The van der Waals surface area contributed by atoms with Crippen LogP contribution in [-0.4, -0.2) is 24.7 Å². The predicted octanol–water partition coefficient (Wildman–Crippen LogP) is 2.81. The molecular weight excluding hydrogens is 231 g/mol. The number of hydrogen-bond donors (Lipinski definition) is 1. The first-order valence-corrected chi connectivity index (χ1v) is 6.55. The summed E-state index contributed by atoms with van der Waals surface area (Å²) in [6, 6.07) is 3.76. The lowest BCUT2D eigenvalue weighted by Gasteiger charge is -2.30. The number of halogens is 1. The van der Waals surface area contributed by atoms with E-state index in [0.717, 1.165) is 13.0 Å². The normalized spacial score (nSPS) is 23.4. The van der Waals surface area contributed by atoms with Crippen molar-refractivity contribution in [3.05, 3.63) is 24.0 Å². The van der Waals surface area contributed by atoms with E-state index < -0.39 is 5.67 Å². The van der Waals surface area contributed by atoms with Crippen LogP contribution in [0.5, 0.6) is 5.75 Å². The Kier molecular flexibility index (Phi) is 4.17. The van der Waals surface area contributed by atoms with Gasteiger partial charge in [-0.1, -0.05) is 6.42 Å². The van der Waals surface area contributed by atoms with Gasteiger partial charge in [0.1, 0.15) is 11.4 Å². The molecule has 1 aromatic rings. The Morgan fingerprint density at radius 3 is 3.06 bits per heavy atom. The average molecular weight is 252 g/mol. The fourth-order valence-corrected chi connectivity index (χ4v) is 2.60. The second kappa shape index (κ2) is 5.65. The van der Waals surface area contributed by atoms with Gasteiger partial charge >= 0.3 is 0 Å². The molecule has 0 aromatic carbocycles. The molecule has 2 unspecified atom stereocenters. The predicted molar refractivity (Wildman–Crippen MR) is 69.5 cm³/mol. The maximum atomic E-state index is 14.9. The van der Waals surface area contributed by atoms with Crippen molar-refractivity contribution in [1.29, 1.82) is 0 Å².